The Hall–Kier alpha value is -1.63. The van der Waals surface area contributed by atoms with Crippen molar-refractivity contribution in [2.24, 2.45) is 0 Å². The second-order valence-electron chi connectivity index (χ2n) is 4.89. The second-order valence-corrected chi connectivity index (χ2v) is 8.01. The average Bonchev–Trinajstić information content (AvgIpc) is 2.85. The maximum absolute atomic E-state index is 12.7. The fourth-order valence-electron chi connectivity index (χ4n) is 2.07. The highest BCUT2D eigenvalue weighted by Gasteiger charge is 2.49. The van der Waals surface area contributed by atoms with Crippen LogP contribution in [0, 0.1) is 6.92 Å². The number of hydrogen-bond acceptors (Lipinski definition) is 8. The Labute approximate surface area is 154 Å². The van der Waals surface area contributed by atoms with Gasteiger partial charge in [-0.25, -0.2) is 9.78 Å². The van der Waals surface area contributed by atoms with Crippen molar-refractivity contribution in [1.29, 1.82) is 0 Å². The van der Waals surface area contributed by atoms with E-state index in [1.54, 1.807) is 0 Å². The number of ether oxygens (including phenoxy) is 1. The van der Waals surface area contributed by atoms with Crippen molar-refractivity contribution in [3.05, 3.63) is 21.7 Å². The number of aromatic nitrogens is 1. The zero-order valence-electron chi connectivity index (χ0n) is 13.1. The molecule has 0 fully saturated rings. The molecule has 0 radical (unpaired) electrons. The first-order valence-electron chi connectivity index (χ1n) is 6.84. The van der Waals surface area contributed by atoms with Gasteiger partial charge in [0.15, 0.2) is 16.3 Å². The fraction of sp³-hybridized carbons (Fsp3) is 0.385. The van der Waals surface area contributed by atoms with Crippen molar-refractivity contribution in [3.8, 4) is 5.75 Å². The molecule has 0 unspecified atom stereocenters. The maximum atomic E-state index is 12.7. The summed E-state index contributed by atoms with van der Waals surface area (Å²) >= 11 is 6.37. The van der Waals surface area contributed by atoms with Crippen LogP contribution in [-0.2, 0) is 19.6 Å². The lowest BCUT2D eigenvalue weighted by molar-refractivity contribution is -0.153. The number of benzene rings is 1. The van der Waals surface area contributed by atoms with Crippen LogP contribution in [0.4, 0.5) is 13.2 Å². The Balaban J connectivity index is 2.75. The van der Waals surface area contributed by atoms with Gasteiger partial charge in [0.05, 0.1) is 16.8 Å². The van der Waals surface area contributed by atoms with Crippen molar-refractivity contribution in [2.75, 3.05) is 6.61 Å². The molecule has 1 atom stereocenters. The van der Waals surface area contributed by atoms with Gasteiger partial charge in [0.2, 0.25) is 0 Å². The Morgan fingerprint density at radius 3 is 2.62 bits per heavy atom. The number of thiazole rings is 1. The topological polar surface area (TPSA) is 103 Å². The Bertz CT molecular complexity index is 957. The molecule has 0 aliphatic heterocycles. The zero-order chi connectivity index (χ0) is 19.9. The minimum atomic E-state index is -6.07. The highest BCUT2D eigenvalue weighted by Crippen LogP contribution is 2.43. The lowest BCUT2D eigenvalue weighted by atomic mass is 10.0. The first kappa shape index (κ1) is 20.7. The van der Waals surface area contributed by atoms with E-state index in [-0.39, 0.29) is 26.9 Å². The molecule has 26 heavy (non-hydrogen) atoms. The van der Waals surface area contributed by atoms with E-state index < -0.39 is 39.0 Å². The summed E-state index contributed by atoms with van der Waals surface area (Å²) in [6.07, 6.45) is -2.07. The molecule has 2 aromatic rings. The number of esters is 1. The summed E-state index contributed by atoms with van der Waals surface area (Å²) in [6, 6.07) is 1.32. The maximum Gasteiger partial charge on any atom is 0.534 e. The van der Waals surface area contributed by atoms with Crippen LogP contribution in [0.5, 0.6) is 5.75 Å². The van der Waals surface area contributed by atoms with E-state index >= 15 is 0 Å². The Morgan fingerprint density at radius 1 is 1.46 bits per heavy atom. The van der Waals surface area contributed by atoms with Gasteiger partial charge in [0, 0.05) is 5.56 Å². The van der Waals surface area contributed by atoms with Gasteiger partial charge in [0.1, 0.15) is 0 Å². The van der Waals surface area contributed by atoms with Crippen LogP contribution in [-0.4, -0.2) is 36.6 Å². The molecule has 1 aromatic heterocycles. The van der Waals surface area contributed by atoms with Gasteiger partial charge >= 0.3 is 21.6 Å². The minimum Gasteiger partial charge on any atom is -0.464 e. The van der Waals surface area contributed by atoms with E-state index in [0.717, 1.165) is 0 Å². The third kappa shape index (κ3) is 3.87. The van der Waals surface area contributed by atoms with Gasteiger partial charge in [-0.15, -0.1) is 0 Å². The van der Waals surface area contributed by atoms with Gasteiger partial charge in [-0.3, -0.25) is 0 Å². The van der Waals surface area contributed by atoms with E-state index in [2.05, 4.69) is 13.9 Å². The number of aryl methyl sites for hydroxylation is 1. The predicted molar refractivity (Wildman–Crippen MR) is 86.6 cm³/mol. The number of halogens is 4. The Morgan fingerprint density at radius 2 is 2.08 bits per heavy atom. The van der Waals surface area contributed by atoms with Gasteiger partial charge in [-0.1, -0.05) is 22.9 Å². The summed E-state index contributed by atoms with van der Waals surface area (Å²) in [5, 5.41) is 10.2. The SMILES string of the molecule is CCOC(=O)[C@@H](O)c1c(C)cc2nc(Cl)sc2c1OS(=O)(=O)C(F)(F)F. The van der Waals surface area contributed by atoms with Gasteiger partial charge < -0.3 is 14.0 Å². The summed E-state index contributed by atoms with van der Waals surface area (Å²) in [4.78, 5) is 15.7. The lowest BCUT2D eigenvalue weighted by Crippen LogP contribution is -2.29. The van der Waals surface area contributed by atoms with Gasteiger partial charge in [0.25, 0.3) is 0 Å². The highest BCUT2D eigenvalue weighted by atomic mass is 35.5. The first-order valence-corrected chi connectivity index (χ1v) is 9.44. The molecule has 7 nitrogen and oxygen atoms in total. The molecule has 144 valence electrons. The molecule has 0 bridgehead atoms. The largest absolute Gasteiger partial charge is 0.534 e. The number of nitrogens with zero attached hydrogens (tertiary/aromatic N) is 1. The summed E-state index contributed by atoms with van der Waals surface area (Å²) in [5.41, 5.74) is -6.09. The second kappa shape index (κ2) is 7.18. The molecule has 0 saturated carbocycles. The quantitative estimate of drug-likeness (QED) is 0.439. The number of carbonyl (C=O) groups is 1. The zero-order valence-corrected chi connectivity index (χ0v) is 15.5. The van der Waals surface area contributed by atoms with Crippen molar-refractivity contribution in [1.82, 2.24) is 4.98 Å². The highest BCUT2D eigenvalue weighted by molar-refractivity contribution is 7.88. The third-order valence-electron chi connectivity index (χ3n) is 3.12. The summed E-state index contributed by atoms with van der Waals surface area (Å²) < 4.78 is 69.7. The fourth-order valence-corrected chi connectivity index (χ4v) is 3.70. The minimum absolute atomic E-state index is 0.0460. The number of aliphatic hydroxyl groups is 1. The van der Waals surface area contributed by atoms with Crippen LogP contribution in [0.1, 0.15) is 24.2 Å². The molecule has 13 heteroatoms. The molecular weight excluding hydrogens is 423 g/mol. The Kier molecular flexibility index (Phi) is 5.71. The molecule has 1 heterocycles. The van der Waals surface area contributed by atoms with Crippen LogP contribution in [0.3, 0.4) is 0 Å². The van der Waals surface area contributed by atoms with Gasteiger partial charge in [-0.2, -0.15) is 21.6 Å². The van der Waals surface area contributed by atoms with E-state index in [1.807, 2.05) is 0 Å². The molecule has 1 N–H and O–H groups in total. The van der Waals surface area contributed by atoms with Crippen LogP contribution >= 0.6 is 22.9 Å². The molecule has 1 aromatic carbocycles. The van der Waals surface area contributed by atoms with Crippen LogP contribution in [0.2, 0.25) is 4.47 Å². The average molecular weight is 434 g/mol. The molecule has 0 saturated heterocycles. The number of alkyl halides is 3. The van der Waals surface area contributed by atoms with Crippen molar-refractivity contribution in [3.63, 3.8) is 0 Å². The summed E-state index contributed by atoms with van der Waals surface area (Å²) in [5.74, 6) is -2.05. The molecule has 0 aliphatic rings. The summed E-state index contributed by atoms with van der Waals surface area (Å²) in [7, 11) is -6.07. The van der Waals surface area contributed by atoms with E-state index in [0.29, 0.717) is 11.3 Å². The normalized spacial score (nSPS) is 13.7. The molecule has 0 spiro atoms. The molecular formula is C13H11ClF3NO6S2. The van der Waals surface area contributed by atoms with E-state index in [9.17, 15) is 31.5 Å². The predicted octanol–water partition coefficient (Wildman–Crippen LogP) is 3.08. The van der Waals surface area contributed by atoms with E-state index in [4.69, 9.17) is 11.6 Å². The number of carbonyl (C=O) groups excluding carboxylic acids is 1. The number of hydrogen-bond donors (Lipinski definition) is 1. The standard InChI is InChI=1S/C13H11ClF3NO6S2/c1-3-23-11(20)8(19)7-5(2)4-6-10(25-12(14)18-6)9(7)24-26(21,22)13(15,16)17/h4,8,19H,3H2,1-2H3/t8-/m0/s1. The molecule has 0 amide bonds. The lowest BCUT2D eigenvalue weighted by Gasteiger charge is -2.18. The molecule has 2 rings (SSSR count). The summed E-state index contributed by atoms with van der Waals surface area (Å²) in [6.45, 7) is 2.67. The smallest absolute Gasteiger partial charge is 0.464 e. The van der Waals surface area contributed by atoms with Crippen molar-refractivity contribution >= 4 is 49.2 Å². The van der Waals surface area contributed by atoms with E-state index in [1.165, 1.54) is 19.9 Å². The first-order chi connectivity index (χ1) is 11.9. The van der Waals surface area contributed by atoms with Crippen molar-refractivity contribution < 1.29 is 40.4 Å². The number of fused-ring (bicyclic) bond motifs is 1. The van der Waals surface area contributed by atoms with Crippen molar-refractivity contribution in [2.45, 2.75) is 25.5 Å². The van der Waals surface area contributed by atoms with Crippen LogP contribution < -0.4 is 4.18 Å². The number of rotatable bonds is 5. The number of aliphatic hydroxyl groups excluding tert-OH is 1. The third-order valence-corrected chi connectivity index (χ3v) is 5.24. The van der Waals surface area contributed by atoms with Gasteiger partial charge in [-0.05, 0) is 25.5 Å². The molecule has 0 aliphatic carbocycles. The monoisotopic (exact) mass is 433 g/mol. The van der Waals surface area contributed by atoms with Crippen LogP contribution in [0.25, 0.3) is 10.2 Å². The van der Waals surface area contributed by atoms with Crippen LogP contribution in [0.15, 0.2) is 6.07 Å².